The van der Waals surface area contributed by atoms with Gasteiger partial charge < -0.3 is 9.29 Å². The van der Waals surface area contributed by atoms with Gasteiger partial charge in [-0.2, -0.15) is 5.10 Å². The van der Waals surface area contributed by atoms with E-state index in [-0.39, 0.29) is 0 Å². The molecule has 0 aliphatic carbocycles. The first-order valence-electron chi connectivity index (χ1n) is 5.38. The van der Waals surface area contributed by atoms with Crippen molar-refractivity contribution < 1.29 is 13.5 Å². The Balaban J connectivity index is 2.25. The van der Waals surface area contributed by atoms with Crippen molar-refractivity contribution in [3.05, 3.63) is 41.6 Å². The number of methoxy groups -OCH3 is 1. The normalized spacial score (nSPS) is 12.4. The zero-order valence-electron chi connectivity index (χ0n) is 10.2. The van der Waals surface area contributed by atoms with Crippen LogP contribution in [0, 0.1) is 6.92 Å². The van der Waals surface area contributed by atoms with E-state index in [9.17, 15) is 8.76 Å². The minimum atomic E-state index is -2.02. The predicted octanol–water partition coefficient (Wildman–Crippen LogP) is 1.83. The van der Waals surface area contributed by atoms with Gasteiger partial charge in [0, 0.05) is 5.56 Å². The Bertz CT molecular complexity index is 563. The van der Waals surface area contributed by atoms with Crippen LogP contribution in [0.4, 0.5) is 0 Å². The van der Waals surface area contributed by atoms with Crippen LogP contribution in [0.5, 0.6) is 5.75 Å². The predicted molar refractivity (Wildman–Crippen MR) is 68.1 cm³/mol. The third-order valence-corrected chi connectivity index (χ3v) is 3.48. The van der Waals surface area contributed by atoms with E-state index in [0.717, 1.165) is 11.3 Å². The highest BCUT2D eigenvalue weighted by Gasteiger charge is 2.12. The highest BCUT2D eigenvalue weighted by Crippen LogP contribution is 2.15. The molecule has 18 heavy (non-hydrogen) atoms. The maximum absolute atomic E-state index is 11.2. The Morgan fingerprint density at radius 1 is 1.39 bits per heavy atom. The number of hydrogen-bond donors (Lipinski definition) is 1. The third-order valence-electron chi connectivity index (χ3n) is 2.62. The molecular weight excluding hydrogens is 252 g/mol. The molecular formula is C12H14N2O3S. The largest absolute Gasteiger partial charge is 0.497 e. The SMILES string of the molecule is COc1ccc(Cn2ncc(C)c2S(=O)O)cc1. The molecule has 0 radical (unpaired) electrons. The van der Waals surface area contributed by atoms with Gasteiger partial charge in [0.25, 0.3) is 0 Å². The maximum atomic E-state index is 11.2. The van der Waals surface area contributed by atoms with Crippen LogP contribution in [0.15, 0.2) is 35.5 Å². The summed E-state index contributed by atoms with van der Waals surface area (Å²) in [5.74, 6) is 0.779. The molecule has 1 aromatic carbocycles. The molecule has 6 heteroatoms. The van der Waals surface area contributed by atoms with Crippen molar-refractivity contribution in [1.82, 2.24) is 9.78 Å². The van der Waals surface area contributed by atoms with Crippen molar-refractivity contribution in [3.63, 3.8) is 0 Å². The minimum absolute atomic E-state index is 0.339. The summed E-state index contributed by atoms with van der Waals surface area (Å²) in [5, 5.41) is 4.45. The molecule has 96 valence electrons. The topological polar surface area (TPSA) is 64.4 Å². The second-order valence-electron chi connectivity index (χ2n) is 3.89. The van der Waals surface area contributed by atoms with Gasteiger partial charge in [-0.05, 0) is 24.6 Å². The Morgan fingerprint density at radius 3 is 2.61 bits per heavy atom. The van der Waals surface area contributed by atoms with Gasteiger partial charge in [0.2, 0.25) is 11.1 Å². The lowest BCUT2D eigenvalue weighted by Crippen LogP contribution is -2.08. The Labute approximate surface area is 108 Å². The maximum Gasteiger partial charge on any atom is 0.205 e. The fourth-order valence-corrected chi connectivity index (χ4v) is 2.33. The van der Waals surface area contributed by atoms with E-state index in [1.54, 1.807) is 20.2 Å². The molecule has 1 unspecified atom stereocenters. The average molecular weight is 266 g/mol. The van der Waals surface area contributed by atoms with Crippen molar-refractivity contribution in [2.24, 2.45) is 0 Å². The Hall–Kier alpha value is -1.66. The Morgan fingerprint density at radius 2 is 2.06 bits per heavy atom. The van der Waals surface area contributed by atoms with E-state index in [1.807, 2.05) is 24.3 Å². The van der Waals surface area contributed by atoms with Crippen molar-refractivity contribution in [2.75, 3.05) is 7.11 Å². The lowest BCUT2D eigenvalue weighted by Gasteiger charge is -2.06. The van der Waals surface area contributed by atoms with Crippen LogP contribution in [0.25, 0.3) is 0 Å². The van der Waals surface area contributed by atoms with Crippen molar-refractivity contribution in [2.45, 2.75) is 18.5 Å². The van der Waals surface area contributed by atoms with Gasteiger partial charge >= 0.3 is 0 Å². The van der Waals surface area contributed by atoms with Gasteiger partial charge in [-0.15, -0.1) is 0 Å². The highest BCUT2D eigenvalue weighted by atomic mass is 32.2. The van der Waals surface area contributed by atoms with Crippen LogP contribution in [0.3, 0.4) is 0 Å². The van der Waals surface area contributed by atoms with Crippen molar-refractivity contribution >= 4 is 11.1 Å². The number of rotatable bonds is 4. The quantitative estimate of drug-likeness (QED) is 0.857. The van der Waals surface area contributed by atoms with Crippen LogP contribution in [-0.2, 0) is 17.6 Å². The first kappa shape index (κ1) is 12.8. The average Bonchev–Trinajstić information content (AvgIpc) is 2.71. The molecule has 0 saturated carbocycles. The minimum Gasteiger partial charge on any atom is -0.497 e. The van der Waals surface area contributed by atoms with Crippen LogP contribution in [-0.4, -0.2) is 25.7 Å². The second kappa shape index (κ2) is 5.32. The summed E-state index contributed by atoms with van der Waals surface area (Å²) in [6.07, 6.45) is 1.59. The van der Waals surface area contributed by atoms with Gasteiger partial charge in [0.15, 0.2) is 5.03 Å². The molecule has 0 spiro atoms. The molecule has 1 aromatic heterocycles. The molecule has 1 atom stereocenters. The van der Waals surface area contributed by atoms with Gasteiger partial charge in [-0.1, -0.05) is 12.1 Å². The lowest BCUT2D eigenvalue weighted by atomic mass is 10.2. The zero-order chi connectivity index (χ0) is 13.1. The number of aryl methyl sites for hydroxylation is 1. The molecule has 0 aliphatic rings. The third kappa shape index (κ3) is 2.60. The fraction of sp³-hybridized carbons (Fsp3) is 0.250. The van der Waals surface area contributed by atoms with E-state index < -0.39 is 11.1 Å². The number of aromatic nitrogens is 2. The zero-order valence-corrected chi connectivity index (χ0v) is 11.0. The van der Waals surface area contributed by atoms with Gasteiger partial charge in [0.1, 0.15) is 5.75 Å². The summed E-state index contributed by atoms with van der Waals surface area (Å²) in [5.41, 5.74) is 1.70. The Kier molecular flexibility index (Phi) is 3.78. The smallest absolute Gasteiger partial charge is 0.205 e. The van der Waals surface area contributed by atoms with Crippen molar-refractivity contribution in [1.29, 1.82) is 0 Å². The number of ether oxygens (including phenoxy) is 1. The van der Waals surface area contributed by atoms with E-state index in [4.69, 9.17) is 4.74 Å². The molecule has 1 N–H and O–H groups in total. The van der Waals surface area contributed by atoms with Gasteiger partial charge in [-0.3, -0.25) is 0 Å². The number of nitrogens with zero attached hydrogens (tertiary/aromatic N) is 2. The van der Waals surface area contributed by atoms with Crippen LogP contribution < -0.4 is 4.74 Å². The molecule has 2 rings (SSSR count). The summed E-state index contributed by atoms with van der Waals surface area (Å²) in [6, 6.07) is 7.50. The summed E-state index contributed by atoms with van der Waals surface area (Å²) >= 11 is -2.02. The lowest BCUT2D eigenvalue weighted by molar-refractivity contribution is 0.414. The standard InChI is InChI=1S/C12H14N2O3S/c1-9-7-13-14(12(9)18(15)16)8-10-3-5-11(17-2)6-4-10/h3-7H,8H2,1-2H3,(H,15,16). The molecule has 5 nitrogen and oxygen atoms in total. The molecule has 0 saturated heterocycles. The molecule has 0 bridgehead atoms. The molecule has 0 fully saturated rings. The van der Waals surface area contributed by atoms with E-state index in [0.29, 0.717) is 17.1 Å². The molecule has 0 aliphatic heterocycles. The summed E-state index contributed by atoms with van der Waals surface area (Å²) in [7, 11) is 1.61. The number of benzene rings is 1. The van der Waals surface area contributed by atoms with Crippen LogP contribution in [0.1, 0.15) is 11.1 Å². The number of hydrogen-bond acceptors (Lipinski definition) is 3. The fourth-order valence-electron chi connectivity index (χ4n) is 1.71. The summed E-state index contributed by atoms with van der Waals surface area (Å²) < 4.78 is 27.1. The van der Waals surface area contributed by atoms with E-state index >= 15 is 0 Å². The molecule has 0 amide bonds. The second-order valence-corrected chi connectivity index (χ2v) is 4.77. The van der Waals surface area contributed by atoms with E-state index in [1.165, 1.54) is 4.68 Å². The van der Waals surface area contributed by atoms with Gasteiger partial charge in [0.05, 0.1) is 19.9 Å². The molecule has 1 heterocycles. The van der Waals surface area contributed by atoms with Gasteiger partial charge in [-0.25, -0.2) is 8.89 Å². The van der Waals surface area contributed by atoms with Crippen LogP contribution in [0.2, 0.25) is 0 Å². The first-order chi connectivity index (χ1) is 8.61. The first-order valence-corrected chi connectivity index (χ1v) is 6.48. The summed E-state index contributed by atoms with van der Waals surface area (Å²) in [6.45, 7) is 2.22. The van der Waals surface area contributed by atoms with Crippen molar-refractivity contribution in [3.8, 4) is 5.75 Å². The highest BCUT2D eigenvalue weighted by molar-refractivity contribution is 7.79. The van der Waals surface area contributed by atoms with Crippen LogP contribution >= 0.6 is 0 Å². The van der Waals surface area contributed by atoms with E-state index in [2.05, 4.69) is 5.10 Å². The summed E-state index contributed by atoms with van der Waals surface area (Å²) in [4.78, 5) is 0. The monoisotopic (exact) mass is 266 g/mol. The molecule has 2 aromatic rings.